The molecule has 2 rings (SSSR count). The molecule has 0 spiro atoms. The van der Waals surface area contributed by atoms with Crippen LogP contribution in [0, 0.1) is 6.92 Å². The first-order valence-corrected chi connectivity index (χ1v) is 5.61. The number of hydrogen-bond donors (Lipinski definition) is 2. The van der Waals surface area contributed by atoms with E-state index in [1.165, 1.54) is 7.11 Å². The molecule has 100 valence electrons. The number of benzene rings is 1. The van der Waals surface area contributed by atoms with Crippen molar-refractivity contribution in [2.75, 3.05) is 12.8 Å². The van der Waals surface area contributed by atoms with Gasteiger partial charge in [-0.2, -0.15) is 4.98 Å². The summed E-state index contributed by atoms with van der Waals surface area (Å²) in [5, 5.41) is 6.29. The average Bonchev–Trinajstić information content (AvgIpc) is 2.81. The first-order valence-electron chi connectivity index (χ1n) is 5.61. The van der Waals surface area contributed by atoms with E-state index in [-0.39, 0.29) is 12.5 Å². The van der Waals surface area contributed by atoms with Gasteiger partial charge in [0.25, 0.3) is 5.91 Å². The molecule has 7 nitrogen and oxygen atoms in total. The van der Waals surface area contributed by atoms with Crippen molar-refractivity contribution in [2.45, 2.75) is 13.5 Å². The molecule has 0 radical (unpaired) electrons. The Kier molecular flexibility index (Phi) is 3.65. The molecule has 0 aliphatic heterocycles. The van der Waals surface area contributed by atoms with E-state index >= 15 is 0 Å². The number of rotatable bonds is 4. The zero-order valence-corrected chi connectivity index (χ0v) is 10.6. The Morgan fingerprint density at radius 2 is 2.32 bits per heavy atom. The third kappa shape index (κ3) is 3.01. The van der Waals surface area contributed by atoms with Gasteiger partial charge in [-0.05, 0) is 25.1 Å². The number of ether oxygens (including phenoxy) is 1. The maximum atomic E-state index is 11.9. The summed E-state index contributed by atoms with van der Waals surface area (Å²) in [6, 6.07) is 4.82. The Morgan fingerprint density at radius 1 is 1.53 bits per heavy atom. The minimum atomic E-state index is -0.273. The van der Waals surface area contributed by atoms with E-state index in [0.717, 1.165) is 0 Å². The van der Waals surface area contributed by atoms with E-state index in [2.05, 4.69) is 15.5 Å². The fraction of sp³-hybridized carbons (Fsp3) is 0.250. The number of nitrogens with zero attached hydrogens (tertiary/aromatic N) is 2. The zero-order valence-electron chi connectivity index (χ0n) is 10.6. The lowest BCUT2D eigenvalue weighted by molar-refractivity contribution is 0.0946. The summed E-state index contributed by atoms with van der Waals surface area (Å²) in [6.07, 6.45) is 0. The van der Waals surface area contributed by atoms with E-state index in [4.69, 9.17) is 15.0 Å². The number of nitrogens with two attached hydrogens (primary N) is 1. The van der Waals surface area contributed by atoms with Gasteiger partial charge in [-0.1, -0.05) is 5.16 Å². The monoisotopic (exact) mass is 262 g/mol. The molecule has 0 atom stereocenters. The molecule has 0 bridgehead atoms. The van der Waals surface area contributed by atoms with Crippen LogP contribution in [-0.2, 0) is 6.54 Å². The van der Waals surface area contributed by atoms with Crippen LogP contribution in [0.1, 0.15) is 22.1 Å². The number of amides is 1. The zero-order chi connectivity index (χ0) is 13.8. The summed E-state index contributed by atoms with van der Waals surface area (Å²) in [4.78, 5) is 15.9. The van der Waals surface area contributed by atoms with Gasteiger partial charge in [-0.25, -0.2) is 0 Å². The number of hydrogen-bond acceptors (Lipinski definition) is 6. The summed E-state index contributed by atoms with van der Waals surface area (Å²) in [6.45, 7) is 1.88. The second kappa shape index (κ2) is 5.38. The SMILES string of the molecule is COc1ccc(C(=O)NCc2nc(C)no2)cc1N. The molecule has 0 aliphatic rings. The highest BCUT2D eigenvalue weighted by Gasteiger charge is 2.10. The van der Waals surface area contributed by atoms with Gasteiger partial charge in [-0.3, -0.25) is 4.79 Å². The van der Waals surface area contributed by atoms with E-state index in [1.807, 2.05) is 0 Å². The molecular weight excluding hydrogens is 248 g/mol. The van der Waals surface area contributed by atoms with Crippen molar-refractivity contribution in [1.29, 1.82) is 0 Å². The van der Waals surface area contributed by atoms with E-state index in [0.29, 0.717) is 28.7 Å². The predicted octanol–water partition coefficient (Wildman–Crippen LogP) is 0.899. The maximum absolute atomic E-state index is 11.9. The molecule has 3 N–H and O–H groups in total. The van der Waals surface area contributed by atoms with Gasteiger partial charge < -0.3 is 20.3 Å². The number of aromatic nitrogens is 2. The minimum Gasteiger partial charge on any atom is -0.495 e. The standard InChI is InChI=1S/C12H14N4O3/c1-7-15-11(19-16-7)6-14-12(17)8-3-4-10(18-2)9(13)5-8/h3-5H,6,13H2,1-2H3,(H,14,17). The molecule has 0 fully saturated rings. The number of nitrogens with one attached hydrogen (secondary N) is 1. The molecule has 1 amide bonds. The molecular formula is C12H14N4O3. The molecule has 1 aromatic carbocycles. The molecule has 19 heavy (non-hydrogen) atoms. The lowest BCUT2D eigenvalue weighted by Crippen LogP contribution is -2.23. The lowest BCUT2D eigenvalue weighted by atomic mass is 10.2. The normalized spacial score (nSPS) is 10.2. The molecule has 0 saturated carbocycles. The van der Waals surface area contributed by atoms with Gasteiger partial charge in [0.2, 0.25) is 5.89 Å². The smallest absolute Gasteiger partial charge is 0.251 e. The van der Waals surface area contributed by atoms with Crippen LogP contribution in [0.5, 0.6) is 5.75 Å². The molecule has 0 unspecified atom stereocenters. The van der Waals surface area contributed by atoms with Crippen LogP contribution in [0.15, 0.2) is 22.7 Å². The van der Waals surface area contributed by atoms with Crippen LogP contribution in [0.25, 0.3) is 0 Å². The van der Waals surface area contributed by atoms with Crippen molar-refractivity contribution >= 4 is 11.6 Å². The topological polar surface area (TPSA) is 103 Å². The highest BCUT2D eigenvalue weighted by Crippen LogP contribution is 2.21. The molecule has 1 heterocycles. The van der Waals surface area contributed by atoms with E-state index < -0.39 is 0 Å². The van der Waals surface area contributed by atoms with Crippen molar-refractivity contribution in [3.63, 3.8) is 0 Å². The number of carbonyl (C=O) groups excluding carboxylic acids is 1. The van der Waals surface area contributed by atoms with Crippen molar-refractivity contribution in [2.24, 2.45) is 0 Å². The number of nitrogen functional groups attached to an aromatic ring is 1. The van der Waals surface area contributed by atoms with E-state index in [9.17, 15) is 4.79 Å². The van der Waals surface area contributed by atoms with Gasteiger partial charge in [0.1, 0.15) is 5.75 Å². The first-order chi connectivity index (χ1) is 9.10. The maximum Gasteiger partial charge on any atom is 0.251 e. The van der Waals surface area contributed by atoms with Crippen molar-refractivity contribution in [3.8, 4) is 5.75 Å². The molecule has 2 aromatic rings. The van der Waals surface area contributed by atoms with E-state index in [1.54, 1.807) is 25.1 Å². The minimum absolute atomic E-state index is 0.172. The van der Waals surface area contributed by atoms with Gasteiger partial charge in [0.05, 0.1) is 19.3 Å². The third-order valence-electron chi connectivity index (χ3n) is 2.46. The Bertz CT molecular complexity index is 594. The molecule has 1 aromatic heterocycles. The van der Waals surface area contributed by atoms with Crippen LogP contribution < -0.4 is 15.8 Å². The van der Waals surface area contributed by atoms with Crippen LogP contribution >= 0.6 is 0 Å². The average molecular weight is 262 g/mol. The van der Waals surface area contributed by atoms with Gasteiger partial charge in [0, 0.05) is 5.56 Å². The molecule has 7 heteroatoms. The Labute approximate surface area is 109 Å². The van der Waals surface area contributed by atoms with Gasteiger partial charge in [-0.15, -0.1) is 0 Å². The second-order valence-corrected chi connectivity index (χ2v) is 3.87. The quantitative estimate of drug-likeness (QED) is 0.793. The summed E-state index contributed by atoms with van der Waals surface area (Å²) in [7, 11) is 1.52. The Balaban J connectivity index is 2.01. The summed E-state index contributed by atoms with van der Waals surface area (Å²) >= 11 is 0. The first kappa shape index (κ1) is 12.9. The highest BCUT2D eigenvalue weighted by atomic mass is 16.5. The van der Waals surface area contributed by atoms with Gasteiger partial charge in [0.15, 0.2) is 5.82 Å². The predicted molar refractivity (Wildman–Crippen MR) is 67.6 cm³/mol. The Morgan fingerprint density at radius 3 is 2.89 bits per heavy atom. The van der Waals surface area contributed by atoms with Crippen molar-refractivity contribution in [1.82, 2.24) is 15.5 Å². The largest absolute Gasteiger partial charge is 0.495 e. The summed E-state index contributed by atoms with van der Waals surface area (Å²) in [5.41, 5.74) is 6.58. The summed E-state index contributed by atoms with van der Waals surface area (Å²) in [5.74, 6) is 1.14. The second-order valence-electron chi connectivity index (χ2n) is 3.87. The third-order valence-corrected chi connectivity index (χ3v) is 2.46. The van der Waals surface area contributed by atoms with Gasteiger partial charge >= 0.3 is 0 Å². The van der Waals surface area contributed by atoms with Crippen LogP contribution in [0.2, 0.25) is 0 Å². The molecule has 0 saturated heterocycles. The number of carbonyl (C=O) groups is 1. The van der Waals surface area contributed by atoms with Crippen molar-refractivity contribution in [3.05, 3.63) is 35.5 Å². The summed E-state index contributed by atoms with van der Waals surface area (Å²) < 4.78 is 9.91. The number of aryl methyl sites for hydroxylation is 1. The van der Waals surface area contributed by atoms with Crippen molar-refractivity contribution < 1.29 is 14.1 Å². The fourth-order valence-corrected chi connectivity index (χ4v) is 1.55. The number of anilines is 1. The van der Waals surface area contributed by atoms with Crippen LogP contribution in [-0.4, -0.2) is 23.2 Å². The van der Waals surface area contributed by atoms with Crippen LogP contribution in [0.3, 0.4) is 0 Å². The number of methoxy groups -OCH3 is 1. The molecule has 0 aliphatic carbocycles. The Hall–Kier alpha value is -2.57. The lowest BCUT2D eigenvalue weighted by Gasteiger charge is -2.07. The van der Waals surface area contributed by atoms with Crippen LogP contribution in [0.4, 0.5) is 5.69 Å². The highest BCUT2D eigenvalue weighted by molar-refractivity contribution is 5.95. The fourth-order valence-electron chi connectivity index (χ4n) is 1.55.